The van der Waals surface area contributed by atoms with Gasteiger partial charge in [-0.05, 0) is 49.9 Å². The van der Waals surface area contributed by atoms with Crippen molar-refractivity contribution in [1.29, 1.82) is 0 Å². The lowest BCUT2D eigenvalue weighted by atomic mass is 9.85. The second kappa shape index (κ2) is 9.78. The molecule has 2 aliphatic heterocycles. The summed E-state index contributed by atoms with van der Waals surface area (Å²) < 4.78 is 43.9. The van der Waals surface area contributed by atoms with E-state index in [0.29, 0.717) is 12.5 Å². The number of anilines is 1. The number of amides is 2. The number of carbonyl (C=O) groups excluding carboxylic acids is 2. The lowest BCUT2D eigenvalue weighted by Crippen LogP contribution is -2.51. The molecule has 1 aromatic carbocycles. The van der Waals surface area contributed by atoms with Gasteiger partial charge in [-0.3, -0.25) is 14.5 Å². The summed E-state index contributed by atoms with van der Waals surface area (Å²) in [5, 5.41) is 5.02. The third-order valence-electron chi connectivity index (χ3n) is 5.82. The maximum Gasteiger partial charge on any atom is 0.416 e. The van der Waals surface area contributed by atoms with Crippen molar-refractivity contribution in [2.75, 3.05) is 38.2 Å². The van der Waals surface area contributed by atoms with Gasteiger partial charge < -0.3 is 15.4 Å². The number of likely N-dealkylation sites (tertiary alicyclic amines) is 1. The number of halogens is 3. The van der Waals surface area contributed by atoms with Gasteiger partial charge in [0.1, 0.15) is 0 Å². The molecule has 6 nitrogen and oxygen atoms in total. The number of piperidine rings is 1. The van der Waals surface area contributed by atoms with Gasteiger partial charge in [0.25, 0.3) is 0 Å². The summed E-state index contributed by atoms with van der Waals surface area (Å²) in [5.41, 5.74) is -0.797. The molecule has 2 N–H and O–H groups in total. The highest BCUT2D eigenvalue weighted by atomic mass is 19.4. The normalized spacial score (nSPS) is 25.5. The zero-order valence-corrected chi connectivity index (χ0v) is 17.0. The molecule has 1 aromatic rings. The maximum atomic E-state index is 12.8. The highest BCUT2D eigenvalue weighted by Gasteiger charge is 2.34. The SMILES string of the molecule is C[C@H]1CN(C2CCCOC2)CC[C@H]1C(=O)NCC(=O)Nc1cccc(C(F)(F)F)c1. The van der Waals surface area contributed by atoms with Crippen molar-refractivity contribution < 1.29 is 27.5 Å². The van der Waals surface area contributed by atoms with Crippen LogP contribution in [0.15, 0.2) is 24.3 Å². The molecular weight excluding hydrogens is 399 g/mol. The Morgan fingerprint density at radius 3 is 2.73 bits per heavy atom. The monoisotopic (exact) mass is 427 g/mol. The molecule has 30 heavy (non-hydrogen) atoms. The minimum atomic E-state index is -4.48. The average molecular weight is 427 g/mol. The first-order valence-electron chi connectivity index (χ1n) is 10.3. The Kier molecular flexibility index (Phi) is 7.36. The Labute approximate surface area is 174 Å². The lowest BCUT2D eigenvalue weighted by molar-refractivity contribution is -0.137. The molecule has 0 aliphatic carbocycles. The third kappa shape index (κ3) is 5.95. The molecule has 3 atom stereocenters. The van der Waals surface area contributed by atoms with Crippen LogP contribution in [-0.2, 0) is 20.5 Å². The largest absolute Gasteiger partial charge is 0.416 e. The van der Waals surface area contributed by atoms with Crippen molar-refractivity contribution in [3.63, 3.8) is 0 Å². The van der Waals surface area contributed by atoms with Crippen LogP contribution in [0.25, 0.3) is 0 Å². The second-order valence-corrected chi connectivity index (χ2v) is 8.08. The maximum absolute atomic E-state index is 12.8. The van der Waals surface area contributed by atoms with Crippen LogP contribution in [0.5, 0.6) is 0 Å². The number of hydrogen-bond acceptors (Lipinski definition) is 4. The number of nitrogens with one attached hydrogen (secondary N) is 2. The van der Waals surface area contributed by atoms with Crippen LogP contribution < -0.4 is 10.6 Å². The van der Waals surface area contributed by atoms with Gasteiger partial charge in [0.2, 0.25) is 11.8 Å². The standard InChI is InChI=1S/C21H28F3N3O3/c1-14-12-27(17-6-3-9-30-13-17)8-7-18(14)20(29)25-11-19(28)26-16-5-2-4-15(10-16)21(22,23)24/h2,4-5,10,14,17-18H,3,6-9,11-13H2,1H3,(H,25,29)(H,26,28)/t14-,17?,18+/m0/s1. The molecule has 0 bridgehead atoms. The number of hydrogen-bond donors (Lipinski definition) is 2. The van der Waals surface area contributed by atoms with Crippen LogP contribution in [0.4, 0.5) is 18.9 Å². The van der Waals surface area contributed by atoms with Gasteiger partial charge in [-0.1, -0.05) is 13.0 Å². The van der Waals surface area contributed by atoms with Crippen molar-refractivity contribution in [3.8, 4) is 0 Å². The molecule has 2 saturated heterocycles. The van der Waals surface area contributed by atoms with Crippen molar-refractivity contribution >= 4 is 17.5 Å². The summed E-state index contributed by atoms with van der Waals surface area (Å²) in [5.74, 6) is -0.798. The minimum absolute atomic E-state index is 0.0421. The highest BCUT2D eigenvalue weighted by Crippen LogP contribution is 2.30. The fraction of sp³-hybridized carbons (Fsp3) is 0.619. The first kappa shape index (κ1) is 22.6. The number of rotatable bonds is 5. The molecule has 2 aliphatic rings. The quantitative estimate of drug-likeness (QED) is 0.758. The van der Waals surface area contributed by atoms with Crippen molar-refractivity contribution in [3.05, 3.63) is 29.8 Å². The molecule has 2 amide bonds. The summed E-state index contributed by atoms with van der Waals surface area (Å²) in [7, 11) is 0. The Morgan fingerprint density at radius 1 is 1.27 bits per heavy atom. The van der Waals surface area contributed by atoms with E-state index in [1.165, 1.54) is 12.1 Å². The molecule has 0 spiro atoms. The predicted octanol–water partition coefficient (Wildman–Crippen LogP) is 2.90. The zero-order valence-electron chi connectivity index (χ0n) is 17.0. The van der Waals surface area contributed by atoms with Crippen LogP contribution in [0, 0.1) is 11.8 Å². The molecule has 9 heteroatoms. The zero-order chi connectivity index (χ0) is 21.7. The van der Waals surface area contributed by atoms with Gasteiger partial charge in [-0.25, -0.2) is 0 Å². The van der Waals surface area contributed by atoms with Gasteiger partial charge in [-0.15, -0.1) is 0 Å². The number of nitrogens with zero attached hydrogens (tertiary/aromatic N) is 1. The predicted molar refractivity (Wildman–Crippen MR) is 106 cm³/mol. The third-order valence-corrected chi connectivity index (χ3v) is 5.82. The van der Waals surface area contributed by atoms with E-state index < -0.39 is 17.6 Å². The van der Waals surface area contributed by atoms with E-state index in [4.69, 9.17) is 4.74 Å². The van der Waals surface area contributed by atoms with Crippen LogP contribution in [0.3, 0.4) is 0 Å². The summed E-state index contributed by atoms with van der Waals surface area (Å²) >= 11 is 0. The van der Waals surface area contributed by atoms with E-state index in [9.17, 15) is 22.8 Å². The molecule has 0 radical (unpaired) electrons. The fourth-order valence-corrected chi connectivity index (χ4v) is 4.19. The van der Waals surface area contributed by atoms with Gasteiger partial charge >= 0.3 is 6.18 Å². The van der Waals surface area contributed by atoms with E-state index in [0.717, 1.165) is 51.3 Å². The number of benzene rings is 1. The molecule has 3 rings (SSSR count). The van der Waals surface area contributed by atoms with Crippen molar-refractivity contribution in [2.24, 2.45) is 11.8 Å². The topological polar surface area (TPSA) is 70.7 Å². The van der Waals surface area contributed by atoms with E-state index in [1.807, 2.05) is 6.92 Å². The number of ether oxygens (including phenoxy) is 1. The van der Waals surface area contributed by atoms with Crippen LogP contribution in [-0.4, -0.2) is 55.6 Å². The summed E-state index contributed by atoms with van der Waals surface area (Å²) in [6.07, 6.45) is -1.61. The van der Waals surface area contributed by atoms with Crippen molar-refractivity contribution in [2.45, 2.75) is 38.4 Å². The Balaban J connectivity index is 1.45. The molecule has 0 saturated carbocycles. The molecule has 2 heterocycles. The Hall–Kier alpha value is -2.13. The summed E-state index contributed by atoms with van der Waals surface area (Å²) in [4.78, 5) is 27.0. The van der Waals surface area contributed by atoms with Gasteiger partial charge in [0.15, 0.2) is 0 Å². The smallest absolute Gasteiger partial charge is 0.380 e. The average Bonchev–Trinajstić information content (AvgIpc) is 2.72. The minimum Gasteiger partial charge on any atom is -0.380 e. The first-order valence-corrected chi connectivity index (χ1v) is 10.3. The number of carbonyl (C=O) groups is 2. The molecular formula is C21H28F3N3O3. The van der Waals surface area contributed by atoms with Gasteiger partial charge in [-0.2, -0.15) is 13.2 Å². The van der Waals surface area contributed by atoms with Gasteiger partial charge in [0.05, 0.1) is 18.7 Å². The summed E-state index contributed by atoms with van der Waals surface area (Å²) in [6, 6.07) is 4.81. The fourth-order valence-electron chi connectivity index (χ4n) is 4.19. The van der Waals surface area contributed by atoms with E-state index in [1.54, 1.807) is 0 Å². The molecule has 166 valence electrons. The highest BCUT2D eigenvalue weighted by molar-refractivity contribution is 5.94. The molecule has 0 aromatic heterocycles. The van der Waals surface area contributed by atoms with Gasteiger partial charge in [0, 0.05) is 30.8 Å². The Morgan fingerprint density at radius 2 is 2.07 bits per heavy atom. The Bertz CT molecular complexity index is 751. The lowest BCUT2D eigenvalue weighted by Gasteiger charge is -2.41. The van der Waals surface area contributed by atoms with E-state index in [-0.39, 0.29) is 30.0 Å². The van der Waals surface area contributed by atoms with Crippen LogP contribution in [0.2, 0.25) is 0 Å². The number of alkyl halides is 3. The van der Waals surface area contributed by atoms with Crippen LogP contribution in [0.1, 0.15) is 31.7 Å². The van der Waals surface area contributed by atoms with E-state index >= 15 is 0 Å². The van der Waals surface area contributed by atoms with Crippen molar-refractivity contribution in [1.82, 2.24) is 10.2 Å². The molecule has 2 fully saturated rings. The summed E-state index contributed by atoms with van der Waals surface area (Å²) in [6.45, 7) is 4.92. The van der Waals surface area contributed by atoms with E-state index in [2.05, 4.69) is 15.5 Å². The second-order valence-electron chi connectivity index (χ2n) is 8.08. The molecule has 1 unspecified atom stereocenters. The first-order chi connectivity index (χ1) is 14.2. The van der Waals surface area contributed by atoms with Crippen LogP contribution >= 0.6 is 0 Å².